The van der Waals surface area contributed by atoms with Gasteiger partial charge in [0.15, 0.2) is 0 Å². The topological polar surface area (TPSA) is 78.7 Å². The number of hydrogen-bond donors (Lipinski definition) is 2. The molecule has 1 saturated heterocycles. The summed E-state index contributed by atoms with van der Waals surface area (Å²) < 4.78 is 0. The Hall–Kier alpha value is -1.50. The zero-order chi connectivity index (χ0) is 16.1. The van der Waals surface area contributed by atoms with Gasteiger partial charge in [0.1, 0.15) is 0 Å². The molecule has 0 saturated carbocycles. The summed E-state index contributed by atoms with van der Waals surface area (Å²) in [5, 5.41) is 2.55. The minimum absolute atomic E-state index is 0. The maximum Gasteiger partial charge on any atom is 0.242 e. The van der Waals surface area contributed by atoms with Gasteiger partial charge in [-0.1, -0.05) is 12.1 Å². The lowest BCUT2D eigenvalue weighted by molar-refractivity contribution is -0.133. The number of likely N-dealkylation sites (tertiary alicyclic amines) is 1. The predicted octanol–water partition coefficient (Wildman–Crippen LogP) is 1.33. The Morgan fingerprint density at radius 1 is 1.33 bits per heavy atom. The molecule has 3 N–H and O–H groups in total. The van der Waals surface area contributed by atoms with Crippen LogP contribution in [0, 0.1) is 0 Å². The molecular formula is C16H26Cl2N4O2. The summed E-state index contributed by atoms with van der Waals surface area (Å²) >= 11 is 0. The Labute approximate surface area is 155 Å². The SMILES string of the molecule is CN(C)c1cccc(C2CCCN2C(=O)CNC(=O)CN)c1.Cl.Cl. The zero-order valence-electron chi connectivity index (χ0n) is 14.0. The van der Waals surface area contributed by atoms with Gasteiger partial charge in [0.05, 0.1) is 19.1 Å². The van der Waals surface area contributed by atoms with Crippen molar-refractivity contribution in [3.63, 3.8) is 0 Å². The minimum atomic E-state index is -0.307. The number of nitrogens with zero attached hydrogens (tertiary/aromatic N) is 2. The molecule has 6 nitrogen and oxygen atoms in total. The summed E-state index contributed by atoms with van der Waals surface area (Å²) in [6, 6.07) is 8.33. The lowest BCUT2D eigenvalue weighted by atomic mass is 10.0. The number of anilines is 1. The summed E-state index contributed by atoms with van der Waals surface area (Å²) in [7, 11) is 4.00. The first-order valence-corrected chi connectivity index (χ1v) is 7.56. The van der Waals surface area contributed by atoms with Crippen molar-refractivity contribution < 1.29 is 9.59 Å². The quantitative estimate of drug-likeness (QED) is 0.812. The molecule has 1 heterocycles. The second-order valence-electron chi connectivity index (χ2n) is 5.72. The maximum absolute atomic E-state index is 12.3. The van der Waals surface area contributed by atoms with Gasteiger partial charge in [-0.15, -0.1) is 24.8 Å². The Morgan fingerprint density at radius 3 is 2.67 bits per heavy atom. The van der Waals surface area contributed by atoms with Gasteiger partial charge in [-0.05, 0) is 30.5 Å². The van der Waals surface area contributed by atoms with E-state index in [1.165, 1.54) is 0 Å². The fourth-order valence-corrected chi connectivity index (χ4v) is 2.77. The number of nitrogens with one attached hydrogen (secondary N) is 1. The van der Waals surface area contributed by atoms with Gasteiger partial charge in [-0.25, -0.2) is 0 Å². The number of halogens is 2. The van der Waals surface area contributed by atoms with Crippen LogP contribution >= 0.6 is 24.8 Å². The van der Waals surface area contributed by atoms with Gasteiger partial charge >= 0.3 is 0 Å². The molecule has 136 valence electrons. The number of amides is 2. The van der Waals surface area contributed by atoms with Crippen LogP contribution < -0.4 is 16.0 Å². The molecule has 1 atom stereocenters. The van der Waals surface area contributed by atoms with Crippen molar-refractivity contribution in [2.45, 2.75) is 18.9 Å². The number of carbonyl (C=O) groups is 2. The van der Waals surface area contributed by atoms with E-state index in [0.29, 0.717) is 0 Å². The molecule has 2 rings (SSSR count). The van der Waals surface area contributed by atoms with E-state index in [9.17, 15) is 9.59 Å². The monoisotopic (exact) mass is 376 g/mol. The van der Waals surface area contributed by atoms with Crippen LogP contribution in [0.3, 0.4) is 0 Å². The van der Waals surface area contributed by atoms with E-state index in [-0.39, 0.29) is 55.8 Å². The molecule has 8 heteroatoms. The van der Waals surface area contributed by atoms with Crippen molar-refractivity contribution in [3.8, 4) is 0 Å². The highest BCUT2D eigenvalue weighted by molar-refractivity contribution is 5.86. The molecule has 24 heavy (non-hydrogen) atoms. The second-order valence-corrected chi connectivity index (χ2v) is 5.72. The third-order valence-electron chi connectivity index (χ3n) is 3.97. The first-order valence-electron chi connectivity index (χ1n) is 7.56. The Bertz CT molecular complexity index is 555. The summed E-state index contributed by atoms with van der Waals surface area (Å²) in [6.45, 7) is 0.648. The molecule has 1 aromatic rings. The van der Waals surface area contributed by atoms with Crippen LogP contribution in [0.2, 0.25) is 0 Å². The lowest BCUT2D eigenvalue weighted by Crippen LogP contribution is -2.41. The van der Waals surface area contributed by atoms with E-state index in [2.05, 4.69) is 17.4 Å². The van der Waals surface area contributed by atoms with Crippen LogP contribution in [0.25, 0.3) is 0 Å². The average Bonchev–Trinajstić information content (AvgIpc) is 3.02. The average molecular weight is 377 g/mol. The molecule has 1 aromatic carbocycles. The van der Waals surface area contributed by atoms with Crippen LogP contribution in [0.4, 0.5) is 5.69 Å². The highest BCUT2D eigenvalue weighted by Crippen LogP contribution is 2.33. The molecule has 0 radical (unpaired) electrons. The number of hydrogen-bond acceptors (Lipinski definition) is 4. The van der Waals surface area contributed by atoms with Crippen molar-refractivity contribution in [1.82, 2.24) is 10.2 Å². The summed E-state index contributed by atoms with van der Waals surface area (Å²) in [4.78, 5) is 27.4. The van der Waals surface area contributed by atoms with Crippen molar-refractivity contribution in [2.24, 2.45) is 5.73 Å². The number of rotatable bonds is 5. The Morgan fingerprint density at radius 2 is 2.04 bits per heavy atom. The molecule has 1 unspecified atom stereocenters. The Balaban J connectivity index is 0.00000264. The van der Waals surface area contributed by atoms with Gasteiger partial charge < -0.3 is 20.9 Å². The third kappa shape index (κ3) is 5.54. The van der Waals surface area contributed by atoms with Crippen LogP contribution in [0.5, 0.6) is 0 Å². The van der Waals surface area contributed by atoms with Crippen LogP contribution in [0.15, 0.2) is 24.3 Å². The molecule has 1 aliphatic heterocycles. The largest absolute Gasteiger partial charge is 0.378 e. The summed E-state index contributed by atoms with van der Waals surface area (Å²) in [5.74, 6) is -0.363. The maximum atomic E-state index is 12.3. The molecule has 1 fully saturated rings. The number of nitrogens with two attached hydrogens (primary N) is 1. The van der Waals surface area contributed by atoms with Crippen LogP contribution in [-0.4, -0.2) is 50.4 Å². The summed E-state index contributed by atoms with van der Waals surface area (Å²) in [6.07, 6.45) is 1.93. The standard InChI is InChI=1S/C16H24N4O2.2ClH/c1-19(2)13-6-3-5-12(9-13)14-7-4-8-20(14)16(22)11-18-15(21)10-17;;/h3,5-6,9,14H,4,7-8,10-11,17H2,1-2H3,(H,18,21);2*1H. The van der Waals surface area contributed by atoms with E-state index in [1.807, 2.05) is 36.0 Å². The molecule has 2 amide bonds. The molecule has 1 aliphatic rings. The zero-order valence-corrected chi connectivity index (χ0v) is 15.7. The number of benzene rings is 1. The third-order valence-corrected chi connectivity index (χ3v) is 3.97. The van der Waals surface area contributed by atoms with E-state index >= 15 is 0 Å². The van der Waals surface area contributed by atoms with Gasteiger partial charge in [-0.3, -0.25) is 9.59 Å². The first kappa shape index (κ1) is 22.5. The normalized spacial score (nSPS) is 16.0. The second kappa shape index (κ2) is 10.4. The molecule has 0 aliphatic carbocycles. The van der Waals surface area contributed by atoms with Crippen LogP contribution in [0.1, 0.15) is 24.4 Å². The van der Waals surface area contributed by atoms with Gasteiger partial charge in [0.2, 0.25) is 11.8 Å². The summed E-state index contributed by atoms with van der Waals surface area (Å²) in [5.41, 5.74) is 7.49. The molecule has 0 aromatic heterocycles. The molecular weight excluding hydrogens is 351 g/mol. The van der Waals surface area contributed by atoms with Crippen molar-refractivity contribution >= 4 is 42.3 Å². The van der Waals surface area contributed by atoms with Crippen molar-refractivity contribution in [1.29, 1.82) is 0 Å². The van der Waals surface area contributed by atoms with Gasteiger partial charge in [-0.2, -0.15) is 0 Å². The lowest BCUT2D eigenvalue weighted by Gasteiger charge is -2.26. The van der Waals surface area contributed by atoms with E-state index in [1.54, 1.807) is 0 Å². The van der Waals surface area contributed by atoms with E-state index < -0.39 is 0 Å². The molecule has 0 spiro atoms. The van der Waals surface area contributed by atoms with E-state index in [0.717, 1.165) is 30.6 Å². The number of carbonyl (C=O) groups excluding carboxylic acids is 2. The fraction of sp³-hybridized carbons (Fsp3) is 0.500. The highest BCUT2D eigenvalue weighted by Gasteiger charge is 2.29. The Kier molecular flexibility index (Phi) is 9.73. The first-order chi connectivity index (χ1) is 10.5. The van der Waals surface area contributed by atoms with Crippen molar-refractivity contribution in [2.75, 3.05) is 38.6 Å². The fourth-order valence-electron chi connectivity index (χ4n) is 2.77. The minimum Gasteiger partial charge on any atom is -0.378 e. The predicted molar refractivity (Wildman–Crippen MR) is 101 cm³/mol. The highest BCUT2D eigenvalue weighted by atomic mass is 35.5. The smallest absolute Gasteiger partial charge is 0.242 e. The van der Waals surface area contributed by atoms with Crippen molar-refractivity contribution in [3.05, 3.63) is 29.8 Å². The van der Waals surface area contributed by atoms with Crippen LogP contribution in [-0.2, 0) is 9.59 Å². The van der Waals surface area contributed by atoms with E-state index in [4.69, 9.17) is 5.73 Å². The molecule has 0 bridgehead atoms. The van der Waals surface area contributed by atoms with Gasteiger partial charge in [0, 0.05) is 26.3 Å². The van der Waals surface area contributed by atoms with Gasteiger partial charge in [0.25, 0.3) is 0 Å².